The molecular formula is C12H10N4OS. The summed E-state index contributed by atoms with van der Waals surface area (Å²) >= 11 is 1.55. The zero-order valence-electron chi connectivity index (χ0n) is 9.41. The second-order valence-electron chi connectivity index (χ2n) is 3.94. The zero-order valence-corrected chi connectivity index (χ0v) is 10.2. The van der Waals surface area contributed by atoms with Crippen LogP contribution in [-0.4, -0.2) is 17.4 Å². The fraction of sp³-hybridized carbons (Fsp3) is 0.167. The van der Waals surface area contributed by atoms with Crippen molar-refractivity contribution in [2.24, 2.45) is 16.0 Å². The molecule has 90 valence electrons. The normalized spacial score (nSPS) is 17.8. The Hall–Kier alpha value is -1.92. The van der Waals surface area contributed by atoms with Crippen LogP contribution < -0.4 is 5.73 Å². The van der Waals surface area contributed by atoms with Crippen molar-refractivity contribution in [1.82, 2.24) is 4.98 Å². The summed E-state index contributed by atoms with van der Waals surface area (Å²) in [7, 11) is 0. The van der Waals surface area contributed by atoms with Crippen LogP contribution in [-0.2, 0) is 0 Å². The van der Waals surface area contributed by atoms with Gasteiger partial charge in [0, 0.05) is 18.3 Å². The van der Waals surface area contributed by atoms with E-state index in [1.54, 1.807) is 29.1 Å². The van der Waals surface area contributed by atoms with Crippen LogP contribution in [0.4, 0.5) is 0 Å². The highest BCUT2D eigenvalue weighted by Crippen LogP contribution is 2.32. The standard InChI is InChI=1S/C12H10N4OS/c13-4-10-9-3-7(11-5-14-6-18-11)1-2-8(9)12(17)16-15-10/h1-3,5-6,10H,4,13H2. The molecule has 0 saturated heterocycles. The summed E-state index contributed by atoms with van der Waals surface area (Å²) < 4.78 is 0. The fourth-order valence-electron chi connectivity index (χ4n) is 1.96. The second kappa shape index (κ2) is 4.40. The van der Waals surface area contributed by atoms with Crippen LogP contribution in [0.5, 0.6) is 0 Å². The van der Waals surface area contributed by atoms with Gasteiger partial charge < -0.3 is 5.73 Å². The molecule has 18 heavy (non-hydrogen) atoms. The fourth-order valence-corrected chi connectivity index (χ4v) is 2.58. The van der Waals surface area contributed by atoms with Crippen LogP contribution in [0.2, 0.25) is 0 Å². The van der Waals surface area contributed by atoms with E-state index in [1.165, 1.54) is 0 Å². The summed E-state index contributed by atoms with van der Waals surface area (Å²) in [5.74, 6) is -0.300. The number of fused-ring (bicyclic) bond motifs is 1. The van der Waals surface area contributed by atoms with Gasteiger partial charge in [0.05, 0.1) is 10.4 Å². The van der Waals surface area contributed by atoms with Crippen molar-refractivity contribution in [2.75, 3.05) is 6.54 Å². The molecule has 2 heterocycles. The molecule has 2 aromatic rings. The van der Waals surface area contributed by atoms with Gasteiger partial charge >= 0.3 is 0 Å². The Kier molecular flexibility index (Phi) is 2.73. The average molecular weight is 258 g/mol. The van der Waals surface area contributed by atoms with Crippen molar-refractivity contribution in [2.45, 2.75) is 6.04 Å². The lowest BCUT2D eigenvalue weighted by Gasteiger charge is -2.17. The Balaban J connectivity index is 2.12. The topological polar surface area (TPSA) is 80.7 Å². The molecule has 2 N–H and O–H groups in total. The molecule has 1 aliphatic rings. The number of amides is 1. The molecule has 1 aliphatic heterocycles. The van der Waals surface area contributed by atoms with Gasteiger partial charge in [-0.05, 0) is 23.3 Å². The van der Waals surface area contributed by atoms with Gasteiger partial charge in [-0.3, -0.25) is 9.78 Å². The Morgan fingerprint density at radius 3 is 3.00 bits per heavy atom. The maximum atomic E-state index is 11.6. The van der Waals surface area contributed by atoms with Crippen LogP contribution >= 0.6 is 11.3 Å². The maximum absolute atomic E-state index is 11.6. The van der Waals surface area contributed by atoms with Gasteiger partial charge in [0.15, 0.2) is 0 Å². The first kappa shape index (κ1) is 11.2. The predicted molar refractivity (Wildman–Crippen MR) is 68.5 cm³/mol. The van der Waals surface area contributed by atoms with E-state index in [-0.39, 0.29) is 11.9 Å². The number of carbonyl (C=O) groups is 1. The van der Waals surface area contributed by atoms with E-state index in [4.69, 9.17) is 5.73 Å². The van der Waals surface area contributed by atoms with Crippen LogP contribution in [0.15, 0.2) is 40.1 Å². The number of rotatable bonds is 2. The number of aromatic nitrogens is 1. The maximum Gasteiger partial charge on any atom is 0.295 e. The van der Waals surface area contributed by atoms with E-state index in [2.05, 4.69) is 15.2 Å². The molecule has 0 bridgehead atoms. The SMILES string of the molecule is NCC1N=NC(=O)c2ccc(-c3cncs3)cc21. The van der Waals surface area contributed by atoms with E-state index in [9.17, 15) is 4.79 Å². The first-order valence-electron chi connectivity index (χ1n) is 5.47. The molecule has 0 radical (unpaired) electrons. The molecule has 1 aromatic carbocycles. The van der Waals surface area contributed by atoms with E-state index in [1.807, 2.05) is 12.1 Å². The molecule has 0 saturated carbocycles. The molecule has 0 fully saturated rings. The molecule has 0 aliphatic carbocycles. The van der Waals surface area contributed by atoms with Crippen LogP contribution in [0.1, 0.15) is 22.0 Å². The number of hydrogen-bond acceptors (Lipinski definition) is 5. The van der Waals surface area contributed by atoms with Crippen molar-refractivity contribution < 1.29 is 4.79 Å². The monoisotopic (exact) mass is 258 g/mol. The largest absolute Gasteiger partial charge is 0.328 e. The van der Waals surface area contributed by atoms with Crippen LogP contribution in [0.3, 0.4) is 0 Å². The third-order valence-corrected chi connectivity index (χ3v) is 3.69. The van der Waals surface area contributed by atoms with E-state index < -0.39 is 0 Å². The van der Waals surface area contributed by atoms with Crippen molar-refractivity contribution >= 4 is 17.2 Å². The van der Waals surface area contributed by atoms with Crippen molar-refractivity contribution in [1.29, 1.82) is 0 Å². The van der Waals surface area contributed by atoms with E-state index >= 15 is 0 Å². The smallest absolute Gasteiger partial charge is 0.295 e. The summed E-state index contributed by atoms with van der Waals surface area (Å²) in [4.78, 5) is 16.7. The lowest BCUT2D eigenvalue weighted by molar-refractivity contribution is 0.0985. The van der Waals surface area contributed by atoms with Crippen molar-refractivity contribution in [3.05, 3.63) is 41.0 Å². The molecule has 1 unspecified atom stereocenters. The molecule has 3 rings (SSSR count). The summed E-state index contributed by atoms with van der Waals surface area (Å²) in [5.41, 5.74) is 9.90. The molecule has 0 spiro atoms. The molecule has 5 nitrogen and oxygen atoms in total. The third kappa shape index (κ3) is 1.75. The van der Waals surface area contributed by atoms with Crippen LogP contribution in [0.25, 0.3) is 10.4 Å². The number of nitrogens with zero attached hydrogens (tertiary/aromatic N) is 3. The van der Waals surface area contributed by atoms with Gasteiger partial charge in [-0.2, -0.15) is 5.11 Å². The van der Waals surface area contributed by atoms with E-state index in [0.717, 1.165) is 16.0 Å². The highest BCUT2D eigenvalue weighted by Gasteiger charge is 2.23. The molecule has 6 heteroatoms. The third-order valence-electron chi connectivity index (χ3n) is 2.87. The van der Waals surface area contributed by atoms with Gasteiger partial charge in [-0.25, -0.2) is 0 Å². The predicted octanol–water partition coefficient (Wildman–Crippen LogP) is 2.42. The van der Waals surface area contributed by atoms with Gasteiger partial charge in [-0.1, -0.05) is 6.07 Å². The molecular weight excluding hydrogens is 248 g/mol. The lowest BCUT2D eigenvalue weighted by Crippen LogP contribution is -2.17. The average Bonchev–Trinajstić information content (AvgIpc) is 2.93. The Labute approximate surface area is 107 Å². The Bertz CT molecular complexity index is 621. The Morgan fingerprint density at radius 2 is 2.28 bits per heavy atom. The number of benzene rings is 1. The minimum atomic E-state index is -0.300. The highest BCUT2D eigenvalue weighted by atomic mass is 32.1. The van der Waals surface area contributed by atoms with E-state index in [0.29, 0.717) is 12.1 Å². The first-order chi connectivity index (χ1) is 8.79. The molecule has 1 amide bonds. The minimum Gasteiger partial charge on any atom is -0.328 e. The Morgan fingerprint density at radius 1 is 1.39 bits per heavy atom. The summed E-state index contributed by atoms with van der Waals surface area (Å²) in [6.07, 6.45) is 1.80. The number of carbonyl (C=O) groups excluding carboxylic acids is 1. The number of nitrogens with two attached hydrogens (primary N) is 1. The van der Waals surface area contributed by atoms with Gasteiger partial charge in [0.2, 0.25) is 0 Å². The zero-order chi connectivity index (χ0) is 12.5. The summed E-state index contributed by atoms with van der Waals surface area (Å²) in [6.45, 7) is 0.343. The summed E-state index contributed by atoms with van der Waals surface area (Å²) in [6, 6.07) is 5.41. The van der Waals surface area contributed by atoms with Gasteiger partial charge in [0.25, 0.3) is 5.91 Å². The lowest BCUT2D eigenvalue weighted by atomic mass is 9.96. The molecule has 1 atom stereocenters. The van der Waals surface area contributed by atoms with Gasteiger partial charge in [0.1, 0.15) is 6.04 Å². The van der Waals surface area contributed by atoms with Crippen molar-refractivity contribution in [3.8, 4) is 10.4 Å². The van der Waals surface area contributed by atoms with Gasteiger partial charge in [-0.15, -0.1) is 16.5 Å². The van der Waals surface area contributed by atoms with Crippen LogP contribution in [0, 0.1) is 0 Å². The highest BCUT2D eigenvalue weighted by molar-refractivity contribution is 7.13. The quantitative estimate of drug-likeness (QED) is 0.898. The molecule has 1 aromatic heterocycles. The van der Waals surface area contributed by atoms with Crippen molar-refractivity contribution in [3.63, 3.8) is 0 Å². The number of thiazole rings is 1. The first-order valence-corrected chi connectivity index (χ1v) is 6.35. The number of azo groups is 1. The minimum absolute atomic E-state index is 0.231. The second-order valence-corrected chi connectivity index (χ2v) is 4.83. The number of hydrogen-bond donors (Lipinski definition) is 1. The summed E-state index contributed by atoms with van der Waals surface area (Å²) in [5, 5.41) is 7.54.